The molecule has 2 aromatic heterocycles. The minimum Gasteiger partial charge on any atom is -0.361 e. The number of benzene rings is 3. The lowest BCUT2D eigenvalue weighted by Crippen LogP contribution is -2.02. The minimum atomic E-state index is 0.140. The largest absolute Gasteiger partial charge is 0.361 e. The van der Waals surface area contributed by atoms with Crippen LogP contribution in [0.5, 0.6) is 0 Å². The van der Waals surface area contributed by atoms with Crippen molar-refractivity contribution in [2.24, 2.45) is 0 Å². The van der Waals surface area contributed by atoms with Gasteiger partial charge in [-0.2, -0.15) is 0 Å². The van der Waals surface area contributed by atoms with Crippen LogP contribution < -0.4 is 0 Å². The van der Waals surface area contributed by atoms with E-state index in [4.69, 9.17) is 0 Å². The molecule has 0 fully saturated rings. The lowest BCUT2D eigenvalue weighted by Gasteiger charge is -2.17. The predicted octanol–water partition coefficient (Wildman–Crippen LogP) is 7.41. The van der Waals surface area contributed by atoms with E-state index in [-0.39, 0.29) is 5.92 Å². The highest BCUT2D eigenvalue weighted by Gasteiger charge is 2.22. The SMILES string of the molecule is CCC=C=Cc1ccc(C(c2c[nH]c3ccccc23)c2c[nH]c3ccccc23)cc1. The van der Waals surface area contributed by atoms with E-state index in [1.807, 2.05) is 6.08 Å². The van der Waals surface area contributed by atoms with Gasteiger partial charge in [0, 0.05) is 40.1 Å². The Kier molecular flexibility index (Phi) is 4.85. The van der Waals surface area contributed by atoms with Crippen molar-refractivity contribution in [1.82, 2.24) is 9.97 Å². The summed E-state index contributed by atoms with van der Waals surface area (Å²) >= 11 is 0. The summed E-state index contributed by atoms with van der Waals surface area (Å²) in [5.41, 5.74) is 10.6. The van der Waals surface area contributed by atoms with Crippen molar-refractivity contribution in [2.45, 2.75) is 19.3 Å². The van der Waals surface area contributed by atoms with Gasteiger partial charge in [-0.25, -0.2) is 0 Å². The summed E-state index contributed by atoms with van der Waals surface area (Å²) < 4.78 is 0. The molecule has 2 nitrogen and oxygen atoms in total. The lowest BCUT2D eigenvalue weighted by atomic mass is 9.84. The van der Waals surface area contributed by atoms with Gasteiger partial charge in [0.25, 0.3) is 0 Å². The smallest absolute Gasteiger partial charge is 0.0457 e. The number of nitrogens with one attached hydrogen (secondary N) is 2. The molecule has 2 N–H and O–H groups in total. The van der Waals surface area contributed by atoms with Gasteiger partial charge in [0.15, 0.2) is 0 Å². The average molecular weight is 389 g/mol. The first kappa shape index (κ1) is 18.3. The molecule has 0 saturated carbocycles. The summed E-state index contributed by atoms with van der Waals surface area (Å²) in [7, 11) is 0. The Hall–Kier alpha value is -3.74. The summed E-state index contributed by atoms with van der Waals surface area (Å²) in [5, 5.41) is 2.53. The van der Waals surface area contributed by atoms with Gasteiger partial charge in [0.05, 0.1) is 0 Å². The first-order valence-corrected chi connectivity index (χ1v) is 10.5. The van der Waals surface area contributed by atoms with E-state index in [1.54, 1.807) is 0 Å². The highest BCUT2D eigenvalue weighted by molar-refractivity contribution is 5.89. The summed E-state index contributed by atoms with van der Waals surface area (Å²) in [6, 6.07) is 25.9. The van der Waals surface area contributed by atoms with E-state index >= 15 is 0 Å². The van der Waals surface area contributed by atoms with E-state index < -0.39 is 0 Å². The second-order valence-electron chi connectivity index (χ2n) is 7.60. The summed E-state index contributed by atoms with van der Waals surface area (Å²) in [6.07, 6.45) is 9.41. The molecule has 0 aliphatic heterocycles. The molecule has 0 bridgehead atoms. The first-order chi connectivity index (χ1) is 14.8. The molecular formula is C28H24N2. The topological polar surface area (TPSA) is 31.6 Å². The van der Waals surface area contributed by atoms with Gasteiger partial charge in [0.1, 0.15) is 0 Å². The molecule has 2 heterocycles. The van der Waals surface area contributed by atoms with Gasteiger partial charge in [-0.1, -0.05) is 67.6 Å². The van der Waals surface area contributed by atoms with Crippen molar-refractivity contribution in [3.63, 3.8) is 0 Å². The second kappa shape index (κ2) is 7.94. The number of aromatic nitrogens is 2. The van der Waals surface area contributed by atoms with Crippen molar-refractivity contribution >= 4 is 27.9 Å². The van der Waals surface area contributed by atoms with Crippen LogP contribution in [0.3, 0.4) is 0 Å². The van der Waals surface area contributed by atoms with Crippen LogP contribution in [0.25, 0.3) is 27.9 Å². The first-order valence-electron chi connectivity index (χ1n) is 10.5. The van der Waals surface area contributed by atoms with E-state index in [0.717, 1.165) is 6.42 Å². The van der Waals surface area contributed by atoms with Crippen molar-refractivity contribution in [1.29, 1.82) is 0 Å². The maximum absolute atomic E-state index is 3.46. The van der Waals surface area contributed by atoms with Crippen LogP contribution in [0.4, 0.5) is 0 Å². The Labute approximate surface area is 176 Å². The molecule has 146 valence electrons. The molecule has 0 atom stereocenters. The molecule has 0 aliphatic rings. The predicted molar refractivity (Wildman–Crippen MR) is 127 cm³/mol. The molecule has 3 aromatic carbocycles. The molecule has 0 unspecified atom stereocenters. The monoisotopic (exact) mass is 388 g/mol. The van der Waals surface area contributed by atoms with Gasteiger partial charge in [-0.3, -0.25) is 0 Å². The third kappa shape index (κ3) is 3.28. The van der Waals surface area contributed by atoms with Crippen LogP contribution in [0.2, 0.25) is 0 Å². The molecular weight excluding hydrogens is 364 g/mol. The highest BCUT2D eigenvalue weighted by Crippen LogP contribution is 2.39. The summed E-state index contributed by atoms with van der Waals surface area (Å²) in [5.74, 6) is 0.140. The second-order valence-corrected chi connectivity index (χ2v) is 7.60. The van der Waals surface area contributed by atoms with Crippen molar-refractivity contribution in [3.05, 3.63) is 119 Å². The fraction of sp³-hybridized carbons (Fsp3) is 0.107. The van der Waals surface area contributed by atoms with Gasteiger partial charge in [0.2, 0.25) is 0 Å². The lowest BCUT2D eigenvalue weighted by molar-refractivity contribution is 0.998. The highest BCUT2D eigenvalue weighted by atomic mass is 14.7. The summed E-state index contributed by atoms with van der Waals surface area (Å²) in [6.45, 7) is 2.12. The Balaban J connectivity index is 1.68. The molecule has 5 aromatic rings. The number of aromatic amines is 2. The van der Waals surface area contributed by atoms with E-state index in [2.05, 4.69) is 114 Å². The quantitative estimate of drug-likeness (QED) is 0.294. The van der Waals surface area contributed by atoms with Crippen LogP contribution in [0, 0.1) is 0 Å². The van der Waals surface area contributed by atoms with Gasteiger partial charge >= 0.3 is 0 Å². The fourth-order valence-corrected chi connectivity index (χ4v) is 4.25. The number of hydrogen-bond acceptors (Lipinski definition) is 0. The number of H-pyrrole nitrogens is 2. The maximum atomic E-state index is 3.46. The molecule has 0 amide bonds. The van der Waals surface area contributed by atoms with E-state index in [0.29, 0.717) is 0 Å². The van der Waals surface area contributed by atoms with Gasteiger partial charge < -0.3 is 9.97 Å². The standard InChI is InChI=1S/C28H24N2/c1-2-3-4-9-20-14-16-21(17-15-20)28(24-18-29-26-12-7-5-10-22(24)26)25-19-30-27-13-8-6-11-23(25)27/h3,5-19,28-30H,2H2,1H3. The molecule has 0 spiro atoms. The Morgan fingerprint density at radius 2 is 1.33 bits per heavy atom. The third-order valence-electron chi connectivity index (χ3n) is 5.71. The number of rotatable bonds is 5. The molecule has 2 heteroatoms. The number of fused-ring (bicyclic) bond motifs is 2. The van der Waals surface area contributed by atoms with E-state index in [9.17, 15) is 0 Å². The Morgan fingerprint density at radius 3 is 1.90 bits per heavy atom. The van der Waals surface area contributed by atoms with Gasteiger partial charge in [-0.05, 0) is 53.0 Å². The number of allylic oxidation sites excluding steroid dienone is 1. The van der Waals surface area contributed by atoms with Crippen LogP contribution in [0.15, 0.2) is 97.0 Å². The number of para-hydroxylation sites is 2. The number of hydrogen-bond donors (Lipinski definition) is 2. The molecule has 0 saturated heterocycles. The zero-order valence-electron chi connectivity index (χ0n) is 17.0. The zero-order chi connectivity index (χ0) is 20.3. The van der Waals surface area contributed by atoms with Crippen molar-refractivity contribution in [2.75, 3.05) is 0 Å². The Morgan fingerprint density at radius 1 is 0.767 bits per heavy atom. The molecule has 0 aliphatic carbocycles. The van der Waals surface area contributed by atoms with Crippen LogP contribution in [-0.4, -0.2) is 9.97 Å². The maximum Gasteiger partial charge on any atom is 0.0457 e. The fourth-order valence-electron chi connectivity index (χ4n) is 4.25. The molecule has 0 radical (unpaired) electrons. The van der Waals surface area contributed by atoms with Crippen LogP contribution in [0.1, 0.15) is 41.5 Å². The normalized spacial score (nSPS) is 11.1. The molecule has 30 heavy (non-hydrogen) atoms. The average Bonchev–Trinajstić information content (AvgIpc) is 3.41. The van der Waals surface area contributed by atoms with Crippen LogP contribution in [-0.2, 0) is 0 Å². The van der Waals surface area contributed by atoms with Crippen molar-refractivity contribution < 1.29 is 0 Å². The Bertz CT molecular complexity index is 1280. The van der Waals surface area contributed by atoms with Crippen LogP contribution >= 0.6 is 0 Å². The third-order valence-corrected chi connectivity index (χ3v) is 5.71. The van der Waals surface area contributed by atoms with E-state index in [1.165, 1.54) is 44.1 Å². The summed E-state index contributed by atoms with van der Waals surface area (Å²) in [4.78, 5) is 6.93. The van der Waals surface area contributed by atoms with Crippen molar-refractivity contribution in [3.8, 4) is 0 Å². The molecule has 5 rings (SSSR count). The zero-order valence-corrected chi connectivity index (χ0v) is 17.0. The minimum absolute atomic E-state index is 0.140. The van der Waals surface area contributed by atoms with Gasteiger partial charge in [-0.15, -0.1) is 5.73 Å².